The predicted octanol–water partition coefficient (Wildman–Crippen LogP) is 1.87. The van der Waals surface area contributed by atoms with Gasteiger partial charge in [0.25, 0.3) is 0 Å². The standard InChI is InChI=1S/C13H15N3O/c1-14-9-10-3-5-11(6-4-10)12-13(17-2)16-8-7-15-12/h3-8,14H,9H2,1-2H3. The van der Waals surface area contributed by atoms with Crippen molar-refractivity contribution in [2.45, 2.75) is 6.54 Å². The monoisotopic (exact) mass is 229 g/mol. The van der Waals surface area contributed by atoms with E-state index in [1.807, 2.05) is 19.2 Å². The van der Waals surface area contributed by atoms with Crippen LogP contribution in [0.15, 0.2) is 36.7 Å². The SMILES string of the molecule is CNCc1ccc(-c2nccnc2OC)cc1. The first-order chi connectivity index (χ1) is 8.35. The summed E-state index contributed by atoms with van der Waals surface area (Å²) in [6, 6.07) is 8.19. The summed E-state index contributed by atoms with van der Waals surface area (Å²) in [5, 5.41) is 3.11. The van der Waals surface area contributed by atoms with Crippen LogP contribution in [-0.4, -0.2) is 24.1 Å². The first-order valence-electron chi connectivity index (χ1n) is 5.44. The van der Waals surface area contributed by atoms with Crippen LogP contribution in [0.1, 0.15) is 5.56 Å². The van der Waals surface area contributed by atoms with Gasteiger partial charge in [0.05, 0.1) is 7.11 Å². The molecule has 0 aliphatic heterocycles. The summed E-state index contributed by atoms with van der Waals surface area (Å²) in [6.07, 6.45) is 3.29. The molecule has 4 nitrogen and oxygen atoms in total. The molecule has 0 spiro atoms. The third-order valence-electron chi connectivity index (χ3n) is 2.47. The van der Waals surface area contributed by atoms with Crippen LogP contribution in [0.4, 0.5) is 0 Å². The highest BCUT2D eigenvalue weighted by Crippen LogP contribution is 2.24. The van der Waals surface area contributed by atoms with E-state index in [1.54, 1.807) is 19.5 Å². The summed E-state index contributed by atoms with van der Waals surface area (Å²) >= 11 is 0. The molecule has 1 aromatic heterocycles. The third kappa shape index (κ3) is 2.60. The molecule has 0 radical (unpaired) electrons. The smallest absolute Gasteiger partial charge is 0.240 e. The van der Waals surface area contributed by atoms with Gasteiger partial charge in [0, 0.05) is 24.5 Å². The summed E-state index contributed by atoms with van der Waals surface area (Å²) < 4.78 is 5.19. The number of benzene rings is 1. The number of hydrogen-bond donors (Lipinski definition) is 1. The Hall–Kier alpha value is -1.94. The van der Waals surface area contributed by atoms with Gasteiger partial charge in [-0.25, -0.2) is 9.97 Å². The van der Waals surface area contributed by atoms with Crippen LogP contribution >= 0.6 is 0 Å². The number of hydrogen-bond acceptors (Lipinski definition) is 4. The van der Waals surface area contributed by atoms with Crippen molar-refractivity contribution < 1.29 is 4.74 Å². The van der Waals surface area contributed by atoms with Crippen molar-refractivity contribution in [2.75, 3.05) is 14.2 Å². The Morgan fingerprint density at radius 2 is 1.82 bits per heavy atom. The number of nitrogens with zero attached hydrogens (tertiary/aromatic N) is 2. The highest BCUT2D eigenvalue weighted by atomic mass is 16.5. The number of methoxy groups -OCH3 is 1. The fourth-order valence-corrected chi connectivity index (χ4v) is 1.66. The third-order valence-corrected chi connectivity index (χ3v) is 2.47. The minimum atomic E-state index is 0.550. The lowest BCUT2D eigenvalue weighted by Crippen LogP contribution is -2.04. The Balaban J connectivity index is 2.33. The van der Waals surface area contributed by atoms with Gasteiger partial charge in [-0.1, -0.05) is 24.3 Å². The molecule has 2 rings (SSSR count). The molecule has 0 saturated heterocycles. The second-order valence-corrected chi connectivity index (χ2v) is 3.64. The quantitative estimate of drug-likeness (QED) is 0.869. The average molecular weight is 229 g/mol. The summed E-state index contributed by atoms with van der Waals surface area (Å²) in [7, 11) is 3.53. The fourth-order valence-electron chi connectivity index (χ4n) is 1.66. The molecule has 88 valence electrons. The normalized spacial score (nSPS) is 10.2. The van der Waals surface area contributed by atoms with Crippen LogP contribution in [0.25, 0.3) is 11.3 Å². The van der Waals surface area contributed by atoms with Crippen molar-refractivity contribution in [3.63, 3.8) is 0 Å². The topological polar surface area (TPSA) is 47.0 Å². The van der Waals surface area contributed by atoms with E-state index in [-0.39, 0.29) is 0 Å². The zero-order valence-electron chi connectivity index (χ0n) is 9.97. The Labute approximate surface area is 101 Å². The molecule has 1 heterocycles. The summed E-state index contributed by atoms with van der Waals surface area (Å²) in [4.78, 5) is 8.43. The van der Waals surface area contributed by atoms with Crippen LogP contribution in [-0.2, 0) is 6.54 Å². The lowest BCUT2D eigenvalue weighted by molar-refractivity contribution is 0.398. The molecule has 4 heteroatoms. The molecule has 1 N–H and O–H groups in total. The van der Waals surface area contributed by atoms with Crippen molar-refractivity contribution in [3.8, 4) is 17.1 Å². The van der Waals surface area contributed by atoms with Gasteiger partial charge in [0.15, 0.2) is 0 Å². The summed E-state index contributed by atoms with van der Waals surface area (Å²) in [6.45, 7) is 0.859. The molecular formula is C13H15N3O. The van der Waals surface area contributed by atoms with E-state index in [9.17, 15) is 0 Å². The molecule has 0 atom stereocenters. The van der Waals surface area contributed by atoms with E-state index in [0.717, 1.165) is 17.8 Å². The van der Waals surface area contributed by atoms with Crippen LogP contribution in [0, 0.1) is 0 Å². The van der Waals surface area contributed by atoms with Crippen LogP contribution < -0.4 is 10.1 Å². The van der Waals surface area contributed by atoms with E-state index in [2.05, 4.69) is 27.4 Å². The molecular weight excluding hydrogens is 214 g/mol. The van der Waals surface area contributed by atoms with Crippen LogP contribution in [0.3, 0.4) is 0 Å². The van der Waals surface area contributed by atoms with Crippen molar-refractivity contribution in [3.05, 3.63) is 42.2 Å². The predicted molar refractivity (Wildman–Crippen MR) is 66.8 cm³/mol. The maximum Gasteiger partial charge on any atom is 0.240 e. The maximum absolute atomic E-state index is 5.19. The highest BCUT2D eigenvalue weighted by Gasteiger charge is 2.07. The van der Waals surface area contributed by atoms with Gasteiger partial charge in [-0.05, 0) is 12.6 Å². The van der Waals surface area contributed by atoms with Crippen molar-refractivity contribution in [1.82, 2.24) is 15.3 Å². The lowest BCUT2D eigenvalue weighted by Gasteiger charge is -2.06. The van der Waals surface area contributed by atoms with Crippen molar-refractivity contribution in [2.24, 2.45) is 0 Å². The Kier molecular flexibility index (Phi) is 3.67. The molecule has 0 amide bonds. The van der Waals surface area contributed by atoms with Crippen LogP contribution in [0.5, 0.6) is 5.88 Å². The second kappa shape index (κ2) is 5.41. The zero-order valence-corrected chi connectivity index (χ0v) is 9.97. The minimum absolute atomic E-state index is 0.550. The molecule has 0 aliphatic rings. The van der Waals surface area contributed by atoms with Gasteiger partial charge in [0.2, 0.25) is 5.88 Å². The van der Waals surface area contributed by atoms with Gasteiger partial charge in [-0.3, -0.25) is 0 Å². The lowest BCUT2D eigenvalue weighted by atomic mass is 10.1. The van der Waals surface area contributed by atoms with Crippen LogP contribution in [0.2, 0.25) is 0 Å². The molecule has 0 saturated carbocycles. The van der Waals surface area contributed by atoms with Gasteiger partial charge in [-0.15, -0.1) is 0 Å². The van der Waals surface area contributed by atoms with Gasteiger partial charge in [-0.2, -0.15) is 0 Å². The zero-order chi connectivity index (χ0) is 12.1. The first kappa shape index (κ1) is 11.5. The number of ether oxygens (including phenoxy) is 1. The number of nitrogens with one attached hydrogen (secondary N) is 1. The molecule has 2 aromatic rings. The van der Waals surface area contributed by atoms with Gasteiger partial charge >= 0.3 is 0 Å². The van der Waals surface area contributed by atoms with E-state index < -0.39 is 0 Å². The summed E-state index contributed by atoms with van der Waals surface area (Å²) in [5.74, 6) is 0.550. The van der Waals surface area contributed by atoms with E-state index in [1.165, 1.54) is 5.56 Å². The largest absolute Gasteiger partial charge is 0.479 e. The minimum Gasteiger partial charge on any atom is -0.479 e. The summed E-state index contributed by atoms with van der Waals surface area (Å²) in [5.41, 5.74) is 3.01. The van der Waals surface area contributed by atoms with Gasteiger partial charge < -0.3 is 10.1 Å². The fraction of sp³-hybridized carbons (Fsp3) is 0.231. The highest BCUT2D eigenvalue weighted by molar-refractivity contribution is 5.64. The second-order valence-electron chi connectivity index (χ2n) is 3.64. The van der Waals surface area contributed by atoms with E-state index >= 15 is 0 Å². The molecule has 0 unspecified atom stereocenters. The molecule has 1 aromatic carbocycles. The molecule has 0 bridgehead atoms. The number of rotatable bonds is 4. The molecule has 17 heavy (non-hydrogen) atoms. The first-order valence-corrected chi connectivity index (χ1v) is 5.44. The van der Waals surface area contributed by atoms with Crippen molar-refractivity contribution in [1.29, 1.82) is 0 Å². The van der Waals surface area contributed by atoms with E-state index in [4.69, 9.17) is 4.74 Å². The Morgan fingerprint density at radius 3 is 2.47 bits per heavy atom. The Morgan fingerprint density at radius 1 is 1.12 bits per heavy atom. The average Bonchev–Trinajstić information content (AvgIpc) is 2.40. The molecule has 0 aliphatic carbocycles. The molecule has 0 fully saturated rings. The maximum atomic E-state index is 5.19. The Bertz CT molecular complexity index is 482. The van der Waals surface area contributed by atoms with Crippen molar-refractivity contribution >= 4 is 0 Å². The number of aromatic nitrogens is 2. The van der Waals surface area contributed by atoms with Gasteiger partial charge in [0.1, 0.15) is 5.69 Å². The van der Waals surface area contributed by atoms with E-state index in [0.29, 0.717) is 5.88 Å².